The summed E-state index contributed by atoms with van der Waals surface area (Å²) < 4.78 is 19.9. The third-order valence-corrected chi connectivity index (χ3v) is 3.01. The van der Waals surface area contributed by atoms with Gasteiger partial charge in [-0.2, -0.15) is 0 Å². The van der Waals surface area contributed by atoms with Gasteiger partial charge in [0, 0.05) is 10.6 Å². The van der Waals surface area contributed by atoms with Crippen LogP contribution in [0.5, 0.6) is 0 Å². The Kier molecular flexibility index (Phi) is 2.06. The number of alkyl halides is 1. The topological polar surface area (TPSA) is 40.1 Å². The van der Waals surface area contributed by atoms with E-state index in [2.05, 4.69) is 15.9 Å². The Labute approximate surface area is 59.1 Å². The van der Waals surface area contributed by atoms with Gasteiger partial charge < -0.3 is 4.55 Å². The molecule has 0 N–H and O–H groups in total. The van der Waals surface area contributed by atoms with E-state index in [9.17, 15) is 8.76 Å². The molecule has 3 unspecified atom stereocenters. The van der Waals surface area contributed by atoms with E-state index in [0.717, 1.165) is 6.42 Å². The second kappa shape index (κ2) is 2.45. The zero-order valence-corrected chi connectivity index (χ0v) is 6.57. The molecule has 0 aliphatic heterocycles. The fourth-order valence-electron chi connectivity index (χ4n) is 0.558. The third kappa shape index (κ3) is 1.84. The smallest absolute Gasteiger partial charge is 0.0186 e. The largest absolute Gasteiger partial charge is 0.772 e. The van der Waals surface area contributed by atoms with Gasteiger partial charge in [-0.1, -0.05) is 27.0 Å². The minimum atomic E-state index is -1.83. The average molecular weight is 198 g/mol. The van der Waals surface area contributed by atoms with Crippen molar-refractivity contribution in [3.05, 3.63) is 0 Å². The Bertz CT molecular complexity index is 117. The molecule has 0 aromatic heterocycles. The lowest BCUT2D eigenvalue weighted by Crippen LogP contribution is -1.97. The first kappa shape index (κ1) is 6.71. The standard InChI is InChI=1S/C4H7BrO2S/c5-4-1-3(4)2-8(6)7/h3-4H,1-2H2,(H,6,7)/p-1. The molecule has 0 radical (unpaired) electrons. The molecule has 0 heterocycles. The van der Waals surface area contributed by atoms with Gasteiger partial charge in [0.2, 0.25) is 0 Å². The van der Waals surface area contributed by atoms with Crippen molar-refractivity contribution in [3.8, 4) is 0 Å². The van der Waals surface area contributed by atoms with Crippen LogP contribution >= 0.6 is 15.9 Å². The van der Waals surface area contributed by atoms with Crippen LogP contribution in [0.2, 0.25) is 0 Å². The molecular formula is C4H6BrO2S-. The lowest BCUT2D eigenvalue weighted by atomic mass is 10.5. The van der Waals surface area contributed by atoms with Gasteiger partial charge in [0.15, 0.2) is 0 Å². The first-order valence-electron chi connectivity index (χ1n) is 2.40. The summed E-state index contributed by atoms with van der Waals surface area (Å²) >= 11 is 1.47. The van der Waals surface area contributed by atoms with Crippen molar-refractivity contribution in [1.82, 2.24) is 0 Å². The maximum absolute atomic E-state index is 9.97. The molecule has 0 aromatic carbocycles. The highest BCUT2D eigenvalue weighted by molar-refractivity contribution is 9.09. The van der Waals surface area contributed by atoms with Crippen LogP contribution in [0, 0.1) is 5.92 Å². The van der Waals surface area contributed by atoms with Crippen LogP contribution in [0.4, 0.5) is 0 Å². The molecule has 0 bridgehead atoms. The summed E-state index contributed by atoms with van der Waals surface area (Å²) in [5, 5.41) is 0. The van der Waals surface area contributed by atoms with Crippen LogP contribution in [-0.2, 0) is 11.1 Å². The summed E-state index contributed by atoms with van der Waals surface area (Å²) in [4.78, 5) is 0.473. The van der Waals surface area contributed by atoms with E-state index < -0.39 is 11.1 Å². The van der Waals surface area contributed by atoms with E-state index in [0.29, 0.717) is 16.5 Å². The van der Waals surface area contributed by atoms with E-state index in [1.54, 1.807) is 0 Å². The highest BCUT2D eigenvalue weighted by Gasteiger charge is 2.34. The van der Waals surface area contributed by atoms with Crippen molar-refractivity contribution in [1.29, 1.82) is 0 Å². The van der Waals surface area contributed by atoms with E-state index in [1.807, 2.05) is 0 Å². The maximum atomic E-state index is 9.97. The molecule has 4 heteroatoms. The van der Waals surface area contributed by atoms with Crippen LogP contribution in [0.25, 0.3) is 0 Å². The fourth-order valence-corrected chi connectivity index (χ4v) is 2.19. The molecule has 0 spiro atoms. The van der Waals surface area contributed by atoms with Gasteiger partial charge in [-0.15, -0.1) is 0 Å². The highest BCUT2D eigenvalue weighted by atomic mass is 79.9. The lowest BCUT2D eigenvalue weighted by Gasteiger charge is -2.00. The first-order chi connectivity index (χ1) is 3.70. The lowest BCUT2D eigenvalue weighted by molar-refractivity contribution is 0.534. The normalized spacial score (nSPS) is 39.2. The van der Waals surface area contributed by atoms with Gasteiger partial charge in [-0.25, -0.2) is 0 Å². The summed E-state index contributed by atoms with van der Waals surface area (Å²) in [6, 6.07) is 0. The van der Waals surface area contributed by atoms with Crippen molar-refractivity contribution in [2.45, 2.75) is 11.2 Å². The van der Waals surface area contributed by atoms with Crippen molar-refractivity contribution < 1.29 is 8.76 Å². The second-order valence-electron chi connectivity index (χ2n) is 1.98. The average Bonchev–Trinajstić information content (AvgIpc) is 2.17. The predicted octanol–water partition coefficient (Wildman–Crippen LogP) is 0.649. The molecule has 3 atom stereocenters. The number of halogens is 1. The monoisotopic (exact) mass is 197 g/mol. The summed E-state index contributed by atoms with van der Waals surface area (Å²) in [6.45, 7) is 0. The summed E-state index contributed by atoms with van der Waals surface area (Å²) in [5.41, 5.74) is 0. The zero-order chi connectivity index (χ0) is 6.15. The molecule has 8 heavy (non-hydrogen) atoms. The molecular weight excluding hydrogens is 192 g/mol. The quantitative estimate of drug-likeness (QED) is 0.482. The predicted molar refractivity (Wildman–Crippen MR) is 34.6 cm³/mol. The molecule has 0 amide bonds. The molecule has 48 valence electrons. The van der Waals surface area contributed by atoms with E-state index in [1.165, 1.54) is 0 Å². The second-order valence-corrected chi connectivity index (χ2v) is 4.10. The molecule has 0 saturated heterocycles. The Morgan fingerprint density at radius 3 is 2.50 bits per heavy atom. The van der Waals surface area contributed by atoms with Gasteiger partial charge in [0.25, 0.3) is 0 Å². The summed E-state index contributed by atoms with van der Waals surface area (Å²) in [6.07, 6.45) is 1.02. The Morgan fingerprint density at radius 2 is 2.38 bits per heavy atom. The van der Waals surface area contributed by atoms with Gasteiger partial charge in [0.1, 0.15) is 0 Å². The number of hydrogen-bond acceptors (Lipinski definition) is 2. The SMILES string of the molecule is O=S([O-])CC1CC1Br. The molecule has 1 aliphatic carbocycles. The first-order valence-corrected chi connectivity index (χ1v) is 4.56. The molecule has 2 nitrogen and oxygen atoms in total. The minimum absolute atomic E-state index is 0.329. The minimum Gasteiger partial charge on any atom is -0.772 e. The molecule has 0 aromatic rings. The summed E-state index contributed by atoms with van der Waals surface area (Å²) in [7, 11) is 0. The molecule has 1 saturated carbocycles. The van der Waals surface area contributed by atoms with E-state index in [-0.39, 0.29) is 0 Å². The van der Waals surface area contributed by atoms with E-state index in [4.69, 9.17) is 0 Å². The van der Waals surface area contributed by atoms with Crippen molar-refractivity contribution in [3.63, 3.8) is 0 Å². The van der Waals surface area contributed by atoms with Gasteiger partial charge in [-0.3, -0.25) is 4.21 Å². The Balaban J connectivity index is 2.14. The van der Waals surface area contributed by atoms with Gasteiger partial charge in [-0.05, 0) is 12.3 Å². The zero-order valence-electron chi connectivity index (χ0n) is 4.17. The maximum Gasteiger partial charge on any atom is 0.0186 e. The van der Waals surface area contributed by atoms with Crippen molar-refractivity contribution >= 4 is 27.0 Å². The Hall–Kier alpha value is 0.590. The highest BCUT2D eigenvalue weighted by Crippen LogP contribution is 2.37. The van der Waals surface area contributed by atoms with Crippen LogP contribution in [0.1, 0.15) is 6.42 Å². The fraction of sp³-hybridized carbons (Fsp3) is 1.00. The molecule has 1 rings (SSSR count). The van der Waals surface area contributed by atoms with Crippen LogP contribution in [0.3, 0.4) is 0 Å². The van der Waals surface area contributed by atoms with Crippen LogP contribution < -0.4 is 0 Å². The van der Waals surface area contributed by atoms with Crippen LogP contribution in [-0.4, -0.2) is 19.3 Å². The number of hydrogen-bond donors (Lipinski definition) is 0. The van der Waals surface area contributed by atoms with E-state index >= 15 is 0 Å². The molecule has 1 aliphatic rings. The van der Waals surface area contributed by atoms with Gasteiger partial charge in [0.05, 0.1) is 0 Å². The summed E-state index contributed by atoms with van der Waals surface area (Å²) in [5.74, 6) is 0.726. The van der Waals surface area contributed by atoms with Crippen molar-refractivity contribution in [2.24, 2.45) is 5.92 Å². The molecule has 1 fully saturated rings. The Morgan fingerprint density at radius 1 is 1.88 bits per heavy atom. The third-order valence-electron chi connectivity index (χ3n) is 1.19. The van der Waals surface area contributed by atoms with Gasteiger partial charge >= 0.3 is 0 Å². The van der Waals surface area contributed by atoms with Crippen LogP contribution in [0.15, 0.2) is 0 Å². The number of rotatable bonds is 2. The van der Waals surface area contributed by atoms with Crippen molar-refractivity contribution in [2.75, 3.05) is 5.75 Å².